The molecule has 3 aromatic carbocycles. The highest BCUT2D eigenvalue weighted by Crippen LogP contribution is 2.38. The summed E-state index contributed by atoms with van der Waals surface area (Å²) in [6, 6.07) is 16.3. The fourth-order valence-corrected chi connectivity index (χ4v) is 3.54. The summed E-state index contributed by atoms with van der Waals surface area (Å²) >= 11 is 0. The van der Waals surface area contributed by atoms with Gasteiger partial charge in [-0.05, 0) is 29.2 Å². The molecule has 1 heterocycles. The van der Waals surface area contributed by atoms with Crippen molar-refractivity contribution < 1.29 is 19.0 Å². The minimum absolute atomic E-state index is 0.256. The fourth-order valence-electron chi connectivity index (χ4n) is 3.54. The Morgan fingerprint density at radius 2 is 1.60 bits per heavy atom. The number of rotatable bonds is 4. The SMILES string of the molecule is COc1c2ccccc2c(COC2CCCOC2=O)c2ccccc12. The predicted molar refractivity (Wildman–Crippen MR) is 96.8 cm³/mol. The van der Waals surface area contributed by atoms with E-state index < -0.39 is 6.10 Å². The van der Waals surface area contributed by atoms with E-state index >= 15 is 0 Å². The Morgan fingerprint density at radius 1 is 1.00 bits per heavy atom. The summed E-state index contributed by atoms with van der Waals surface area (Å²) in [5, 5.41) is 4.27. The van der Waals surface area contributed by atoms with E-state index in [0.29, 0.717) is 19.6 Å². The number of benzene rings is 3. The number of cyclic esters (lactones) is 1. The topological polar surface area (TPSA) is 44.8 Å². The molecule has 128 valence electrons. The van der Waals surface area contributed by atoms with Gasteiger partial charge in [0.1, 0.15) is 5.75 Å². The molecule has 1 fully saturated rings. The van der Waals surface area contributed by atoms with E-state index in [-0.39, 0.29) is 5.97 Å². The van der Waals surface area contributed by atoms with Crippen LogP contribution in [0.4, 0.5) is 0 Å². The predicted octanol–water partition coefficient (Wildman–Crippen LogP) is 4.22. The molecular formula is C21H20O4. The van der Waals surface area contributed by atoms with Gasteiger partial charge in [0.2, 0.25) is 0 Å². The number of ether oxygens (including phenoxy) is 3. The first-order valence-electron chi connectivity index (χ1n) is 8.54. The summed E-state index contributed by atoms with van der Waals surface area (Å²) in [7, 11) is 1.70. The van der Waals surface area contributed by atoms with Crippen LogP contribution in [0.15, 0.2) is 48.5 Å². The van der Waals surface area contributed by atoms with Crippen molar-refractivity contribution in [3.8, 4) is 5.75 Å². The van der Waals surface area contributed by atoms with E-state index in [0.717, 1.165) is 39.3 Å². The van der Waals surface area contributed by atoms with Crippen LogP contribution in [-0.4, -0.2) is 25.8 Å². The van der Waals surface area contributed by atoms with Crippen LogP contribution in [0.25, 0.3) is 21.5 Å². The van der Waals surface area contributed by atoms with Crippen molar-refractivity contribution >= 4 is 27.5 Å². The Kier molecular flexibility index (Phi) is 4.28. The van der Waals surface area contributed by atoms with Gasteiger partial charge in [-0.3, -0.25) is 0 Å². The normalized spacial score (nSPS) is 17.6. The monoisotopic (exact) mass is 336 g/mol. The van der Waals surface area contributed by atoms with E-state index in [1.807, 2.05) is 24.3 Å². The maximum atomic E-state index is 11.9. The van der Waals surface area contributed by atoms with Crippen molar-refractivity contribution in [1.82, 2.24) is 0 Å². The highest BCUT2D eigenvalue weighted by atomic mass is 16.6. The molecule has 4 nitrogen and oxygen atoms in total. The first-order valence-corrected chi connectivity index (χ1v) is 8.54. The third-order valence-corrected chi connectivity index (χ3v) is 4.74. The van der Waals surface area contributed by atoms with Crippen molar-refractivity contribution in [3.05, 3.63) is 54.1 Å². The summed E-state index contributed by atoms with van der Waals surface area (Å²) in [6.45, 7) is 0.859. The lowest BCUT2D eigenvalue weighted by Crippen LogP contribution is -2.31. The van der Waals surface area contributed by atoms with Gasteiger partial charge in [0.05, 0.1) is 20.3 Å². The van der Waals surface area contributed by atoms with Crippen LogP contribution in [0.5, 0.6) is 5.75 Å². The van der Waals surface area contributed by atoms with Gasteiger partial charge in [-0.1, -0.05) is 48.5 Å². The van der Waals surface area contributed by atoms with Gasteiger partial charge in [-0.25, -0.2) is 4.79 Å². The summed E-state index contributed by atoms with van der Waals surface area (Å²) in [4.78, 5) is 11.9. The van der Waals surface area contributed by atoms with E-state index in [9.17, 15) is 4.79 Å². The molecule has 0 bridgehead atoms. The first kappa shape index (κ1) is 15.9. The second kappa shape index (κ2) is 6.73. The van der Waals surface area contributed by atoms with Crippen molar-refractivity contribution in [2.75, 3.05) is 13.7 Å². The zero-order valence-corrected chi connectivity index (χ0v) is 14.2. The van der Waals surface area contributed by atoms with Crippen LogP contribution in [-0.2, 0) is 20.9 Å². The van der Waals surface area contributed by atoms with Crippen LogP contribution < -0.4 is 4.74 Å². The maximum Gasteiger partial charge on any atom is 0.335 e. The van der Waals surface area contributed by atoms with Gasteiger partial charge in [0, 0.05) is 10.8 Å². The van der Waals surface area contributed by atoms with Crippen molar-refractivity contribution in [2.45, 2.75) is 25.6 Å². The molecule has 25 heavy (non-hydrogen) atoms. The van der Waals surface area contributed by atoms with Gasteiger partial charge in [0.25, 0.3) is 0 Å². The quantitative estimate of drug-likeness (QED) is 0.528. The molecule has 0 N–H and O–H groups in total. The third kappa shape index (κ3) is 2.83. The lowest BCUT2D eigenvalue weighted by molar-refractivity contribution is -0.164. The molecule has 3 aromatic rings. The average molecular weight is 336 g/mol. The molecule has 0 radical (unpaired) electrons. The van der Waals surface area contributed by atoms with Crippen LogP contribution >= 0.6 is 0 Å². The highest BCUT2D eigenvalue weighted by molar-refractivity contribution is 6.08. The molecule has 0 aromatic heterocycles. The van der Waals surface area contributed by atoms with Crippen molar-refractivity contribution in [3.63, 3.8) is 0 Å². The molecule has 4 rings (SSSR count). The van der Waals surface area contributed by atoms with Gasteiger partial charge in [-0.15, -0.1) is 0 Å². The number of hydrogen-bond acceptors (Lipinski definition) is 4. The van der Waals surface area contributed by atoms with Gasteiger partial charge < -0.3 is 14.2 Å². The Bertz CT molecular complexity index is 875. The molecule has 0 saturated carbocycles. The second-order valence-electron chi connectivity index (χ2n) is 6.21. The molecule has 0 aliphatic carbocycles. The van der Waals surface area contributed by atoms with Crippen LogP contribution in [0.1, 0.15) is 18.4 Å². The van der Waals surface area contributed by atoms with E-state index in [4.69, 9.17) is 14.2 Å². The lowest BCUT2D eigenvalue weighted by atomic mass is 9.96. The summed E-state index contributed by atoms with van der Waals surface area (Å²) in [6.07, 6.45) is 1.08. The van der Waals surface area contributed by atoms with Gasteiger partial charge >= 0.3 is 5.97 Å². The maximum absolute atomic E-state index is 11.9. The van der Waals surface area contributed by atoms with Crippen LogP contribution in [0.3, 0.4) is 0 Å². The Hall–Kier alpha value is -2.59. The van der Waals surface area contributed by atoms with E-state index in [1.165, 1.54) is 0 Å². The zero-order valence-electron chi connectivity index (χ0n) is 14.2. The number of hydrogen-bond donors (Lipinski definition) is 0. The van der Waals surface area contributed by atoms with Gasteiger partial charge in [0.15, 0.2) is 6.10 Å². The average Bonchev–Trinajstić information content (AvgIpc) is 2.66. The standard InChI is InChI=1S/C21H20O4/c1-23-20-16-9-4-2-7-14(16)18(15-8-3-5-10-17(15)20)13-25-19-11-6-12-24-21(19)22/h2-5,7-10,19H,6,11-13H2,1H3. The molecule has 1 aliphatic heterocycles. The largest absolute Gasteiger partial charge is 0.495 e. The molecular weight excluding hydrogens is 316 g/mol. The minimum Gasteiger partial charge on any atom is -0.495 e. The zero-order chi connectivity index (χ0) is 17.2. The van der Waals surface area contributed by atoms with E-state index in [2.05, 4.69) is 24.3 Å². The van der Waals surface area contributed by atoms with Gasteiger partial charge in [-0.2, -0.15) is 0 Å². The minimum atomic E-state index is -0.478. The van der Waals surface area contributed by atoms with Crippen molar-refractivity contribution in [2.24, 2.45) is 0 Å². The van der Waals surface area contributed by atoms with E-state index in [1.54, 1.807) is 7.11 Å². The molecule has 1 saturated heterocycles. The number of methoxy groups -OCH3 is 1. The fraction of sp³-hybridized carbons (Fsp3) is 0.286. The number of fused-ring (bicyclic) bond motifs is 2. The number of carbonyl (C=O) groups excluding carboxylic acids is 1. The third-order valence-electron chi connectivity index (χ3n) is 4.74. The Balaban J connectivity index is 1.82. The highest BCUT2D eigenvalue weighted by Gasteiger charge is 2.25. The lowest BCUT2D eigenvalue weighted by Gasteiger charge is -2.22. The summed E-state index contributed by atoms with van der Waals surface area (Å²) in [5.41, 5.74) is 1.07. The number of carbonyl (C=O) groups is 1. The molecule has 0 amide bonds. The van der Waals surface area contributed by atoms with Crippen molar-refractivity contribution in [1.29, 1.82) is 0 Å². The Labute approximate surface area is 146 Å². The Morgan fingerprint density at radius 3 is 2.16 bits per heavy atom. The number of esters is 1. The smallest absolute Gasteiger partial charge is 0.335 e. The summed E-state index contributed by atoms with van der Waals surface area (Å²) < 4.78 is 16.8. The first-order chi connectivity index (χ1) is 12.3. The second-order valence-corrected chi connectivity index (χ2v) is 6.21. The van der Waals surface area contributed by atoms with Crippen LogP contribution in [0, 0.1) is 0 Å². The molecule has 1 atom stereocenters. The summed E-state index contributed by atoms with van der Waals surface area (Å²) in [5.74, 6) is 0.611. The molecule has 1 aliphatic rings. The van der Waals surface area contributed by atoms with Crippen LogP contribution in [0.2, 0.25) is 0 Å². The molecule has 4 heteroatoms. The molecule has 0 spiro atoms. The molecule has 1 unspecified atom stereocenters.